The van der Waals surface area contributed by atoms with Crippen molar-refractivity contribution in [2.75, 3.05) is 5.32 Å². The van der Waals surface area contributed by atoms with Crippen molar-refractivity contribution in [3.8, 4) is 11.3 Å². The molecule has 0 aliphatic carbocycles. The van der Waals surface area contributed by atoms with E-state index < -0.39 is 5.91 Å². The Bertz CT molecular complexity index is 1520. The van der Waals surface area contributed by atoms with Gasteiger partial charge >= 0.3 is 0 Å². The van der Waals surface area contributed by atoms with Gasteiger partial charge in [-0.15, -0.1) is 0 Å². The highest BCUT2D eigenvalue weighted by atomic mass is 35.5. The van der Waals surface area contributed by atoms with E-state index >= 15 is 0 Å². The molecule has 5 nitrogen and oxygen atoms in total. The maximum Gasteiger partial charge on any atom is 0.291 e. The number of hydrogen-bond acceptors (Lipinski definition) is 4. The lowest BCUT2D eigenvalue weighted by Crippen LogP contribution is -2.11. The summed E-state index contributed by atoms with van der Waals surface area (Å²) >= 11 is 11.9. The van der Waals surface area contributed by atoms with Crippen LogP contribution in [-0.4, -0.2) is 5.91 Å². The Balaban J connectivity index is 1.45. The van der Waals surface area contributed by atoms with Crippen LogP contribution in [0.3, 0.4) is 0 Å². The number of furan rings is 1. The van der Waals surface area contributed by atoms with Crippen LogP contribution in [0, 0.1) is 0 Å². The van der Waals surface area contributed by atoms with Crippen molar-refractivity contribution in [3.05, 3.63) is 98.8 Å². The fraction of sp³-hybridized carbons (Fsp3) is 0. The maximum atomic E-state index is 12.7. The van der Waals surface area contributed by atoms with Gasteiger partial charge in [0.15, 0.2) is 11.2 Å². The average Bonchev–Trinajstić information content (AvgIpc) is 3.18. The fourth-order valence-electron chi connectivity index (χ4n) is 3.31. The number of carbonyl (C=O) groups excluding carboxylic acids is 1. The van der Waals surface area contributed by atoms with E-state index in [0.717, 1.165) is 10.9 Å². The fourth-order valence-corrected chi connectivity index (χ4v) is 3.62. The normalized spacial score (nSPS) is 11.2. The summed E-state index contributed by atoms with van der Waals surface area (Å²) in [6.07, 6.45) is 0. The number of fused-ring (bicyclic) bond motifs is 2. The van der Waals surface area contributed by atoms with Crippen LogP contribution >= 0.6 is 23.2 Å². The van der Waals surface area contributed by atoms with Crippen LogP contribution < -0.4 is 10.7 Å². The van der Waals surface area contributed by atoms with E-state index in [0.29, 0.717) is 38.0 Å². The zero-order valence-corrected chi connectivity index (χ0v) is 17.3. The number of benzene rings is 3. The van der Waals surface area contributed by atoms with E-state index in [2.05, 4.69) is 5.32 Å². The molecule has 0 spiro atoms. The number of amides is 1. The van der Waals surface area contributed by atoms with Crippen LogP contribution in [0.1, 0.15) is 10.6 Å². The molecule has 31 heavy (non-hydrogen) atoms. The second kappa shape index (κ2) is 7.61. The van der Waals surface area contributed by atoms with Gasteiger partial charge in [-0.05, 0) is 66.7 Å². The monoisotopic (exact) mass is 449 g/mol. The highest BCUT2D eigenvalue weighted by Crippen LogP contribution is 2.26. The predicted molar refractivity (Wildman–Crippen MR) is 122 cm³/mol. The van der Waals surface area contributed by atoms with Crippen LogP contribution in [0.15, 0.2) is 86.4 Å². The number of rotatable bonds is 3. The number of carbonyl (C=O) groups is 1. The summed E-state index contributed by atoms with van der Waals surface area (Å²) in [6.45, 7) is 0. The molecule has 0 radical (unpaired) electrons. The third kappa shape index (κ3) is 3.81. The molecule has 152 valence electrons. The van der Waals surface area contributed by atoms with Gasteiger partial charge < -0.3 is 14.2 Å². The van der Waals surface area contributed by atoms with Crippen LogP contribution in [0.25, 0.3) is 33.3 Å². The second-order valence-electron chi connectivity index (χ2n) is 6.94. The lowest BCUT2D eigenvalue weighted by atomic mass is 10.1. The van der Waals surface area contributed by atoms with Crippen molar-refractivity contribution >= 4 is 56.7 Å². The highest BCUT2D eigenvalue weighted by molar-refractivity contribution is 6.31. The van der Waals surface area contributed by atoms with Gasteiger partial charge in [-0.2, -0.15) is 0 Å². The van der Waals surface area contributed by atoms with Gasteiger partial charge in [0.2, 0.25) is 0 Å². The van der Waals surface area contributed by atoms with E-state index in [1.807, 2.05) is 0 Å². The third-order valence-corrected chi connectivity index (χ3v) is 5.30. The second-order valence-corrected chi connectivity index (χ2v) is 7.81. The van der Waals surface area contributed by atoms with Gasteiger partial charge in [0.1, 0.15) is 16.9 Å². The molecule has 0 fully saturated rings. The van der Waals surface area contributed by atoms with Gasteiger partial charge in [-0.25, -0.2) is 0 Å². The Hall–Kier alpha value is -3.54. The van der Waals surface area contributed by atoms with Crippen molar-refractivity contribution in [1.82, 2.24) is 0 Å². The van der Waals surface area contributed by atoms with E-state index in [1.165, 1.54) is 6.07 Å². The zero-order chi connectivity index (χ0) is 21.5. The molecule has 2 heterocycles. The van der Waals surface area contributed by atoms with Crippen molar-refractivity contribution < 1.29 is 13.6 Å². The largest absolute Gasteiger partial charge is 0.456 e. The first kappa shape index (κ1) is 19.4. The van der Waals surface area contributed by atoms with Gasteiger partial charge in [0, 0.05) is 32.7 Å². The van der Waals surface area contributed by atoms with Crippen molar-refractivity contribution in [2.45, 2.75) is 0 Å². The molecule has 0 atom stereocenters. The Kier molecular flexibility index (Phi) is 4.77. The van der Waals surface area contributed by atoms with Gasteiger partial charge in [0.05, 0.1) is 5.39 Å². The maximum absolute atomic E-state index is 12.7. The standard InChI is InChI=1S/C24H13Cl2NO4/c25-15-3-1-13(2-4-15)22-12-19(28)18-11-17(6-8-21(18)31-22)27-24(29)23-10-14-9-16(26)5-7-20(14)30-23/h1-12H,(H,27,29). The Morgan fingerprint density at radius 1 is 0.774 bits per heavy atom. The molecule has 5 rings (SSSR count). The quantitative estimate of drug-likeness (QED) is 0.330. The Morgan fingerprint density at radius 3 is 2.32 bits per heavy atom. The van der Waals surface area contributed by atoms with Gasteiger partial charge in [0.25, 0.3) is 5.91 Å². The molecule has 1 amide bonds. The Labute approximate surface area is 185 Å². The van der Waals surface area contributed by atoms with Crippen LogP contribution in [0.2, 0.25) is 10.0 Å². The molecule has 0 saturated heterocycles. The summed E-state index contributed by atoms with van der Waals surface area (Å²) < 4.78 is 11.5. The van der Waals surface area contributed by atoms with E-state index in [9.17, 15) is 9.59 Å². The lowest BCUT2D eigenvalue weighted by molar-refractivity contribution is 0.0998. The van der Waals surface area contributed by atoms with Crippen LogP contribution in [-0.2, 0) is 0 Å². The number of halogens is 2. The SMILES string of the molecule is O=C(Nc1ccc2oc(-c3ccc(Cl)cc3)cc(=O)c2c1)c1cc2cc(Cl)ccc2o1. The molecular formula is C24H13Cl2NO4. The van der Waals surface area contributed by atoms with Crippen LogP contribution in [0.4, 0.5) is 5.69 Å². The molecule has 0 saturated carbocycles. The summed E-state index contributed by atoms with van der Waals surface area (Å²) in [5.74, 6) is 0.142. The summed E-state index contributed by atoms with van der Waals surface area (Å²) in [4.78, 5) is 25.3. The summed E-state index contributed by atoms with van der Waals surface area (Å²) in [7, 11) is 0. The Morgan fingerprint density at radius 2 is 1.52 bits per heavy atom. The van der Waals surface area contributed by atoms with Crippen molar-refractivity contribution in [3.63, 3.8) is 0 Å². The minimum atomic E-state index is -0.436. The molecule has 0 bridgehead atoms. The molecule has 0 aliphatic heterocycles. The summed E-state index contributed by atoms with van der Waals surface area (Å²) in [6, 6.07) is 20.0. The summed E-state index contributed by atoms with van der Waals surface area (Å²) in [5.41, 5.74) is 1.94. The first-order valence-electron chi connectivity index (χ1n) is 9.30. The van der Waals surface area contributed by atoms with Gasteiger partial charge in [-0.3, -0.25) is 9.59 Å². The highest BCUT2D eigenvalue weighted by Gasteiger charge is 2.14. The molecule has 5 aromatic rings. The molecule has 3 aromatic carbocycles. The molecule has 0 unspecified atom stereocenters. The smallest absolute Gasteiger partial charge is 0.291 e. The average molecular weight is 450 g/mol. The number of hydrogen-bond donors (Lipinski definition) is 1. The molecule has 2 aromatic heterocycles. The predicted octanol–water partition coefficient (Wildman–Crippen LogP) is 6.77. The van der Waals surface area contributed by atoms with E-state index in [1.54, 1.807) is 66.7 Å². The molecule has 7 heteroatoms. The summed E-state index contributed by atoms with van der Waals surface area (Å²) in [5, 5.41) is 4.98. The zero-order valence-electron chi connectivity index (χ0n) is 15.8. The van der Waals surface area contributed by atoms with Crippen molar-refractivity contribution in [1.29, 1.82) is 0 Å². The number of nitrogens with one attached hydrogen (secondary N) is 1. The van der Waals surface area contributed by atoms with E-state index in [-0.39, 0.29) is 11.2 Å². The molecule has 0 aliphatic rings. The third-order valence-electron chi connectivity index (χ3n) is 4.82. The minimum Gasteiger partial charge on any atom is -0.456 e. The van der Waals surface area contributed by atoms with E-state index in [4.69, 9.17) is 32.0 Å². The lowest BCUT2D eigenvalue weighted by Gasteiger charge is -2.06. The first-order chi connectivity index (χ1) is 15.0. The van der Waals surface area contributed by atoms with Crippen molar-refractivity contribution in [2.24, 2.45) is 0 Å². The first-order valence-corrected chi connectivity index (χ1v) is 10.1. The molecular weight excluding hydrogens is 437 g/mol. The number of anilines is 1. The topological polar surface area (TPSA) is 72.5 Å². The van der Waals surface area contributed by atoms with Crippen LogP contribution in [0.5, 0.6) is 0 Å². The van der Waals surface area contributed by atoms with Gasteiger partial charge in [-0.1, -0.05) is 23.2 Å². The minimum absolute atomic E-state index is 0.141. The molecule has 1 N–H and O–H groups in total.